The van der Waals surface area contributed by atoms with Gasteiger partial charge in [0.2, 0.25) is 11.9 Å². The predicted octanol–water partition coefficient (Wildman–Crippen LogP) is 1.35. The molecule has 2 aromatic heterocycles. The molecule has 1 aliphatic heterocycles. The van der Waals surface area contributed by atoms with Crippen LogP contribution in [0.3, 0.4) is 0 Å². The molecular weight excluding hydrogens is 266 g/mol. The molecule has 7 nitrogen and oxygen atoms in total. The summed E-state index contributed by atoms with van der Waals surface area (Å²) in [6.45, 7) is 1.96. The van der Waals surface area contributed by atoms with E-state index in [0.29, 0.717) is 22.9 Å². The first-order valence-corrected chi connectivity index (χ1v) is 6.53. The fourth-order valence-corrected chi connectivity index (χ4v) is 2.17. The molecule has 0 spiro atoms. The van der Waals surface area contributed by atoms with Crippen LogP contribution >= 0.6 is 11.6 Å². The van der Waals surface area contributed by atoms with Crippen molar-refractivity contribution in [3.63, 3.8) is 0 Å². The van der Waals surface area contributed by atoms with Crippen molar-refractivity contribution in [3.05, 3.63) is 17.4 Å². The molecule has 2 aromatic rings. The third kappa shape index (κ3) is 2.46. The highest BCUT2D eigenvalue weighted by atomic mass is 35.5. The monoisotopic (exact) mass is 279 g/mol. The minimum atomic E-state index is 0.466. The van der Waals surface area contributed by atoms with Gasteiger partial charge >= 0.3 is 0 Å². The van der Waals surface area contributed by atoms with Crippen molar-refractivity contribution in [3.8, 4) is 5.95 Å². The second-order valence-corrected chi connectivity index (χ2v) is 4.74. The Labute approximate surface area is 115 Å². The molecule has 1 N–H and O–H groups in total. The van der Waals surface area contributed by atoms with Gasteiger partial charge in [-0.3, -0.25) is 0 Å². The Morgan fingerprint density at radius 1 is 1.16 bits per heavy atom. The first-order chi connectivity index (χ1) is 9.26. The summed E-state index contributed by atoms with van der Waals surface area (Å²) in [4.78, 5) is 15.3. The zero-order chi connectivity index (χ0) is 13.2. The van der Waals surface area contributed by atoms with Gasteiger partial charge in [-0.05, 0) is 12.8 Å². The summed E-state index contributed by atoms with van der Waals surface area (Å²) in [5.74, 6) is 1.67. The van der Waals surface area contributed by atoms with E-state index in [2.05, 4.69) is 30.3 Å². The van der Waals surface area contributed by atoms with Crippen molar-refractivity contribution in [1.82, 2.24) is 24.7 Å². The van der Waals surface area contributed by atoms with Crippen LogP contribution in [0.25, 0.3) is 5.95 Å². The zero-order valence-electron chi connectivity index (χ0n) is 10.5. The van der Waals surface area contributed by atoms with Crippen LogP contribution in [0, 0.1) is 0 Å². The summed E-state index contributed by atoms with van der Waals surface area (Å²) < 4.78 is 1.55. The molecule has 1 saturated heterocycles. The van der Waals surface area contributed by atoms with E-state index in [0.717, 1.165) is 13.1 Å². The van der Waals surface area contributed by atoms with Gasteiger partial charge in [-0.1, -0.05) is 11.6 Å². The predicted molar refractivity (Wildman–Crippen MR) is 73.0 cm³/mol. The van der Waals surface area contributed by atoms with Gasteiger partial charge in [0.1, 0.15) is 0 Å². The number of halogens is 1. The van der Waals surface area contributed by atoms with Crippen molar-refractivity contribution < 1.29 is 0 Å². The van der Waals surface area contributed by atoms with Crippen molar-refractivity contribution >= 4 is 23.5 Å². The minimum absolute atomic E-state index is 0.466. The van der Waals surface area contributed by atoms with Crippen LogP contribution in [0.1, 0.15) is 12.8 Å². The maximum absolute atomic E-state index is 5.87. The van der Waals surface area contributed by atoms with E-state index in [-0.39, 0.29) is 0 Å². The summed E-state index contributed by atoms with van der Waals surface area (Å²) in [7, 11) is 1.78. The van der Waals surface area contributed by atoms with E-state index in [9.17, 15) is 0 Å². The highest BCUT2D eigenvalue weighted by molar-refractivity contribution is 6.30. The second kappa shape index (κ2) is 5.00. The fourth-order valence-electron chi connectivity index (χ4n) is 2.04. The number of hydrogen-bond acceptors (Lipinski definition) is 6. The first kappa shape index (κ1) is 12.2. The number of aromatic nitrogens is 5. The maximum atomic E-state index is 5.87. The summed E-state index contributed by atoms with van der Waals surface area (Å²) in [5, 5.41) is 7.61. The highest BCUT2D eigenvalue weighted by Gasteiger charge is 2.17. The molecular formula is C11H14ClN7. The molecule has 8 heteroatoms. The van der Waals surface area contributed by atoms with Gasteiger partial charge in [0, 0.05) is 20.1 Å². The topological polar surface area (TPSA) is 71.8 Å². The summed E-state index contributed by atoms with van der Waals surface area (Å²) >= 11 is 5.87. The molecule has 0 radical (unpaired) electrons. The van der Waals surface area contributed by atoms with E-state index in [1.165, 1.54) is 12.8 Å². The standard InChI is InChI=1S/C11H14ClN7/c1-13-9-15-10(18-4-2-3-5-18)17-11(16-9)19-7-8(12)6-14-19/h6-7H,2-5H2,1H3,(H,13,15,16,17). The van der Waals surface area contributed by atoms with E-state index < -0.39 is 0 Å². The third-order valence-electron chi connectivity index (χ3n) is 2.98. The average molecular weight is 280 g/mol. The Kier molecular flexibility index (Phi) is 3.20. The first-order valence-electron chi connectivity index (χ1n) is 6.15. The number of nitrogens with one attached hydrogen (secondary N) is 1. The number of anilines is 2. The van der Waals surface area contributed by atoms with Crippen LogP contribution in [0.2, 0.25) is 5.02 Å². The fraction of sp³-hybridized carbons (Fsp3) is 0.455. The van der Waals surface area contributed by atoms with Gasteiger partial charge in [0.15, 0.2) is 0 Å². The second-order valence-electron chi connectivity index (χ2n) is 4.31. The van der Waals surface area contributed by atoms with Gasteiger partial charge in [-0.25, -0.2) is 4.68 Å². The smallest absolute Gasteiger partial charge is 0.257 e. The molecule has 0 saturated carbocycles. The van der Waals surface area contributed by atoms with Crippen molar-refractivity contribution in [1.29, 1.82) is 0 Å². The number of rotatable bonds is 3. The van der Waals surface area contributed by atoms with Crippen LogP contribution < -0.4 is 10.2 Å². The molecule has 0 bridgehead atoms. The summed E-state index contributed by atoms with van der Waals surface area (Å²) in [6.07, 6.45) is 5.57. The van der Waals surface area contributed by atoms with E-state index in [1.807, 2.05) is 0 Å². The molecule has 0 aromatic carbocycles. The van der Waals surface area contributed by atoms with Crippen molar-refractivity contribution in [2.75, 3.05) is 30.4 Å². The molecule has 0 amide bonds. The summed E-state index contributed by atoms with van der Waals surface area (Å²) in [5.41, 5.74) is 0. The van der Waals surface area contributed by atoms with Crippen molar-refractivity contribution in [2.45, 2.75) is 12.8 Å². The largest absolute Gasteiger partial charge is 0.357 e. The lowest BCUT2D eigenvalue weighted by Gasteiger charge is -2.16. The minimum Gasteiger partial charge on any atom is -0.357 e. The number of nitrogens with zero attached hydrogens (tertiary/aromatic N) is 6. The van der Waals surface area contributed by atoms with Crippen LogP contribution in [0.5, 0.6) is 0 Å². The zero-order valence-corrected chi connectivity index (χ0v) is 11.3. The highest BCUT2D eigenvalue weighted by Crippen LogP contribution is 2.18. The lowest BCUT2D eigenvalue weighted by molar-refractivity contribution is 0.780. The van der Waals surface area contributed by atoms with Gasteiger partial charge in [-0.15, -0.1) is 0 Å². The molecule has 1 aliphatic rings. The Bertz CT molecular complexity index is 576. The Morgan fingerprint density at radius 2 is 1.89 bits per heavy atom. The van der Waals surface area contributed by atoms with Gasteiger partial charge in [0.25, 0.3) is 5.95 Å². The molecule has 0 unspecified atom stereocenters. The molecule has 0 atom stereocenters. The quantitative estimate of drug-likeness (QED) is 0.914. The van der Waals surface area contributed by atoms with Gasteiger partial charge < -0.3 is 10.2 Å². The lowest BCUT2D eigenvalue weighted by atomic mass is 10.4. The Morgan fingerprint density at radius 3 is 2.53 bits per heavy atom. The van der Waals surface area contributed by atoms with E-state index in [1.54, 1.807) is 24.1 Å². The number of hydrogen-bond donors (Lipinski definition) is 1. The third-order valence-corrected chi connectivity index (χ3v) is 3.18. The SMILES string of the molecule is CNc1nc(N2CCCC2)nc(-n2cc(Cl)cn2)n1. The molecule has 1 fully saturated rings. The molecule has 19 heavy (non-hydrogen) atoms. The van der Waals surface area contributed by atoms with Gasteiger partial charge in [0.05, 0.1) is 17.4 Å². The van der Waals surface area contributed by atoms with Crippen LogP contribution in [0.15, 0.2) is 12.4 Å². The summed E-state index contributed by atoms with van der Waals surface area (Å²) in [6, 6.07) is 0. The van der Waals surface area contributed by atoms with Gasteiger partial charge in [-0.2, -0.15) is 20.1 Å². The van der Waals surface area contributed by atoms with Crippen LogP contribution in [-0.4, -0.2) is 44.9 Å². The lowest BCUT2D eigenvalue weighted by Crippen LogP contribution is -2.22. The van der Waals surface area contributed by atoms with Crippen LogP contribution in [0.4, 0.5) is 11.9 Å². The molecule has 0 aliphatic carbocycles. The maximum Gasteiger partial charge on any atom is 0.257 e. The normalized spacial score (nSPS) is 14.9. The molecule has 3 rings (SSSR count). The Balaban J connectivity index is 2.01. The van der Waals surface area contributed by atoms with Crippen molar-refractivity contribution in [2.24, 2.45) is 0 Å². The molecule has 3 heterocycles. The average Bonchev–Trinajstić information content (AvgIpc) is 3.09. The van der Waals surface area contributed by atoms with E-state index >= 15 is 0 Å². The van der Waals surface area contributed by atoms with E-state index in [4.69, 9.17) is 11.6 Å². The Hall–Kier alpha value is -1.89. The molecule has 100 valence electrons. The van der Waals surface area contributed by atoms with Crippen LogP contribution in [-0.2, 0) is 0 Å².